The van der Waals surface area contributed by atoms with Gasteiger partial charge >= 0.3 is 6.03 Å². The van der Waals surface area contributed by atoms with Crippen molar-refractivity contribution in [1.29, 1.82) is 5.41 Å². The molecule has 0 aromatic heterocycles. The summed E-state index contributed by atoms with van der Waals surface area (Å²) in [6.45, 7) is 2.43. The second-order valence-corrected chi connectivity index (χ2v) is 4.44. The maximum atomic E-state index is 13.3. The standard InChI is InChI=1S/C13H16FN3O2/c1-8-7-9(3-4-10(8)14)11-12(15)16-13(18)17(11)5-6-19-2/h3-4,7,11H,5-6H2,1-2H3,(H2,15,16,18). The number of aryl methyl sites for hydroxylation is 1. The monoisotopic (exact) mass is 265 g/mol. The third-order valence-electron chi connectivity index (χ3n) is 3.12. The Morgan fingerprint density at radius 2 is 2.26 bits per heavy atom. The molecule has 5 nitrogen and oxygen atoms in total. The minimum Gasteiger partial charge on any atom is -0.383 e. The molecule has 2 amide bonds. The minimum atomic E-state index is -0.498. The molecule has 0 saturated carbocycles. The Bertz CT molecular complexity index is 519. The van der Waals surface area contributed by atoms with Crippen molar-refractivity contribution in [2.24, 2.45) is 0 Å². The van der Waals surface area contributed by atoms with E-state index in [4.69, 9.17) is 10.1 Å². The molecular weight excluding hydrogens is 249 g/mol. The predicted octanol–water partition coefficient (Wildman–Crippen LogP) is 1.82. The van der Waals surface area contributed by atoms with Gasteiger partial charge < -0.3 is 9.64 Å². The number of hydrogen-bond acceptors (Lipinski definition) is 3. The Morgan fingerprint density at radius 1 is 1.53 bits per heavy atom. The molecule has 6 heteroatoms. The summed E-state index contributed by atoms with van der Waals surface area (Å²) in [5, 5.41) is 10.3. The highest BCUT2D eigenvalue weighted by Crippen LogP contribution is 2.26. The van der Waals surface area contributed by atoms with E-state index in [0.29, 0.717) is 18.7 Å². The van der Waals surface area contributed by atoms with Crippen molar-refractivity contribution in [3.05, 3.63) is 35.1 Å². The second-order valence-electron chi connectivity index (χ2n) is 4.44. The lowest BCUT2D eigenvalue weighted by molar-refractivity contribution is 0.151. The Morgan fingerprint density at radius 3 is 2.89 bits per heavy atom. The number of nitrogens with zero attached hydrogens (tertiary/aromatic N) is 1. The van der Waals surface area contributed by atoms with Gasteiger partial charge in [0.2, 0.25) is 0 Å². The average molecular weight is 265 g/mol. The quantitative estimate of drug-likeness (QED) is 0.872. The molecule has 1 fully saturated rings. The van der Waals surface area contributed by atoms with Crippen molar-refractivity contribution in [1.82, 2.24) is 10.2 Å². The number of benzene rings is 1. The molecule has 0 aliphatic carbocycles. The van der Waals surface area contributed by atoms with Crippen LogP contribution in [-0.2, 0) is 4.74 Å². The SMILES string of the molecule is COCCN1C(=O)NC(=N)C1c1ccc(F)c(C)c1. The molecule has 2 rings (SSSR count). The number of amidine groups is 1. The molecule has 0 spiro atoms. The van der Waals surface area contributed by atoms with Crippen molar-refractivity contribution >= 4 is 11.9 Å². The number of carbonyl (C=O) groups is 1. The summed E-state index contributed by atoms with van der Waals surface area (Å²) in [4.78, 5) is 13.3. The fourth-order valence-electron chi connectivity index (χ4n) is 2.13. The van der Waals surface area contributed by atoms with E-state index < -0.39 is 6.04 Å². The van der Waals surface area contributed by atoms with Crippen molar-refractivity contribution in [2.75, 3.05) is 20.3 Å². The van der Waals surface area contributed by atoms with E-state index in [-0.39, 0.29) is 17.7 Å². The largest absolute Gasteiger partial charge is 0.383 e. The first-order valence-corrected chi connectivity index (χ1v) is 5.95. The zero-order valence-corrected chi connectivity index (χ0v) is 10.9. The van der Waals surface area contributed by atoms with Crippen LogP contribution in [0.2, 0.25) is 0 Å². The summed E-state index contributed by atoms with van der Waals surface area (Å²) in [5.74, 6) is -0.192. The summed E-state index contributed by atoms with van der Waals surface area (Å²) < 4.78 is 18.3. The van der Waals surface area contributed by atoms with Gasteiger partial charge in [0.15, 0.2) is 0 Å². The van der Waals surface area contributed by atoms with Gasteiger partial charge in [0, 0.05) is 13.7 Å². The summed E-state index contributed by atoms with van der Waals surface area (Å²) >= 11 is 0. The zero-order chi connectivity index (χ0) is 14.0. The van der Waals surface area contributed by atoms with Crippen LogP contribution in [0.15, 0.2) is 18.2 Å². The summed E-state index contributed by atoms with van der Waals surface area (Å²) in [5.41, 5.74) is 1.22. The third kappa shape index (κ3) is 2.58. The lowest BCUT2D eigenvalue weighted by Crippen LogP contribution is -2.32. The van der Waals surface area contributed by atoms with Gasteiger partial charge in [-0.15, -0.1) is 0 Å². The van der Waals surface area contributed by atoms with E-state index in [1.54, 1.807) is 26.2 Å². The molecule has 1 unspecified atom stereocenters. The van der Waals surface area contributed by atoms with Crippen molar-refractivity contribution in [3.8, 4) is 0 Å². The topological polar surface area (TPSA) is 65.4 Å². The third-order valence-corrected chi connectivity index (χ3v) is 3.12. The molecule has 1 saturated heterocycles. The van der Waals surface area contributed by atoms with E-state index in [0.717, 1.165) is 5.56 Å². The highest BCUT2D eigenvalue weighted by molar-refractivity contribution is 6.06. The second kappa shape index (κ2) is 5.36. The molecular formula is C13H16FN3O2. The molecule has 1 heterocycles. The summed E-state index contributed by atoms with van der Waals surface area (Å²) in [7, 11) is 1.55. The van der Waals surface area contributed by atoms with Crippen LogP contribution in [0.5, 0.6) is 0 Å². The molecule has 1 aromatic carbocycles. The first kappa shape index (κ1) is 13.5. The molecule has 1 aliphatic rings. The smallest absolute Gasteiger partial charge is 0.323 e. The lowest BCUT2D eigenvalue weighted by atomic mass is 10.0. The number of urea groups is 1. The number of ether oxygens (including phenoxy) is 1. The van der Waals surface area contributed by atoms with Gasteiger partial charge in [-0.3, -0.25) is 10.7 Å². The number of carbonyl (C=O) groups excluding carboxylic acids is 1. The lowest BCUT2D eigenvalue weighted by Gasteiger charge is -2.22. The minimum absolute atomic E-state index is 0.104. The Balaban J connectivity index is 2.30. The number of amides is 2. The first-order chi connectivity index (χ1) is 9.04. The Hall–Kier alpha value is -1.95. The van der Waals surface area contributed by atoms with E-state index in [1.165, 1.54) is 11.0 Å². The Labute approximate surface area is 110 Å². The first-order valence-electron chi connectivity index (χ1n) is 5.95. The summed E-state index contributed by atoms with van der Waals surface area (Å²) in [6.07, 6.45) is 0. The van der Waals surface area contributed by atoms with Crippen LogP contribution in [0.3, 0.4) is 0 Å². The molecule has 19 heavy (non-hydrogen) atoms. The van der Waals surface area contributed by atoms with Crippen molar-refractivity contribution in [3.63, 3.8) is 0 Å². The number of hydrogen-bond donors (Lipinski definition) is 2. The number of methoxy groups -OCH3 is 1. The number of rotatable bonds is 4. The molecule has 2 N–H and O–H groups in total. The average Bonchev–Trinajstić information content (AvgIpc) is 2.65. The highest BCUT2D eigenvalue weighted by atomic mass is 19.1. The summed E-state index contributed by atoms with van der Waals surface area (Å²) in [6, 6.07) is 3.79. The van der Waals surface area contributed by atoms with E-state index >= 15 is 0 Å². The van der Waals surface area contributed by atoms with Gasteiger partial charge in [0.1, 0.15) is 17.7 Å². The van der Waals surface area contributed by atoms with Crippen LogP contribution in [0.25, 0.3) is 0 Å². The predicted molar refractivity (Wildman–Crippen MR) is 68.7 cm³/mol. The number of nitrogens with one attached hydrogen (secondary N) is 2. The van der Waals surface area contributed by atoms with Gasteiger partial charge in [0.25, 0.3) is 0 Å². The fraction of sp³-hybridized carbons (Fsp3) is 0.385. The number of halogens is 1. The van der Waals surface area contributed by atoms with Crippen molar-refractivity contribution < 1.29 is 13.9 Å². The van der Waals surface area contributed by atoms with Gasteiger partial charge in [0.05, 0.1) is 6.61 Å². The highest BCUT2D eigenvalue weighted by Gasteiger charge is 2.36. The van der Waals surface area contributed by atoms with E-state index in [1.807, 2.05) is 0 Å². The van der Waals surface area contributed by atoms with Gasteiger partial charge in [-0.1, -0.05) is 12.1 Å². The van der Waals surface area contributed by atoms with Crippen LogP contribution in [0.4, 0.5) is 9.18 Å². The fourth-order valence-corrected chi connectivity index (χ4v) is 2.13. The van der Waals surface area contributed by atoms with E-state index in [2.05, 4.69) is 5.32 Å². The maximum absolute atomic E-state index is 13.3. The van der Waals surface area contributed by atoms with Crippen LogP contribution in [-0.4, -0.2) is 37.0 Å². The van der Waals surface area contributed by atoms with Gasteiger partial charge in [-0.05, 0) is 24.1 Å². The van der Waals surface area contributed by atoms with Gasteiger partial charge in [-0.2, -0.15) is 0 Å². The van der Waals surface area contributed by atoms with Crippen LogP contribution in [0.1, 0.15) is 17.2 Å². The van der Waals surface area contributed by atoms with Gasteiger partial charge in [-0.25, -0.2) is 9.18 Å². The molecule has 0 bridgehead atoms. The zero-order valence-electron chi connectivity index (χ0n) is 10.9. The molecule has 1 aliphatic heterocycles. The maximum Gasteiger partial charge on any atom is 0.323 e. The Kier molecular flexibility index (Phi) is 3.80. The van der Waals surface area contributed by atoms with Crippen LogP contribution < -0.4 is 5.32 Å². The molecule has 0 radical (unpaired) electrons. The van der Waals surface area contributed by atoms with Crippen LogP contribution >= 0.6 is 0 Å². The normalized spacial score (nSPS) is 18.9. The van der Waals surface area contributed by atoms with Crippen LogP contribution in [0, 0.1) is 18.2 Å². The van der Waals surface area contributed by atoms with Crippen molar-refractivity contribution in [2.45, 2.75) is 13.0 Å². The molecule has 102 valence electrons. The molecule has 1 atom stereocenters. The van der Waals surface area contributed by atoms with E-state index in [9.17, 15) is 9.18 Å². The molecule has 1 aromatic rings.